The smallest absolute Gasteiger partial charge is 0.246 e. The largest absolute Gasteiger partial charge is 0.496 e. The van der Waals surface area contributed by atoms with Gasteiger partial charge in [-0.3, -0.25) is 9.69 Å². The van der Waals surface area contributed by atoms with E-state index in [9.17, 15) is 4.79 Å². The summed E-state index contributed by atoms with van der Waals surface area (Å²) in [6.45, 7) is 4.28. The first kappa shape index (κ1) is 21.7. The van der Waals surface area contributed by atoms with E-state index in [2.05, 4.69) is 29.2 Å². The summed E-state index contributed by atoms with van der Waals surface area (Å²) in [4.78, 5) is 17.0. The zero-order valence-corrected chi connectivity index (χ0v) is 18.0. The molecule has 30 heavy (non-hydrogen) atoms. The highest BCUT2D eigenvalue weighted by atomic mass is 16.5. The fourth-order valence-corrected chi connectivity index (χ4v) is 3.57. The number of methoxy groups -OCH3 is 3. The van der Waals surface area contributed by atoms with Crippen LogP contribution in [-0.2, 0) is 11.2 Å². The van der Waals surface area contributed by atoms with Crippen LogP contribution in [0.5, 0.6) is 17.2 Å². The first-order chi connectivity index (χ1) is 14.6. The Kier molecular flexibility index (Phi) is 7.74. The molecule has 1 amide bonds. The summed E-state index contributed by atoms with van der Waals surface area (Å²) in [5.41, 5.74) is 2.12. The standard InChI is InChI=1S/C24H30N2O4/c1-28-21-18-23(30-3)22(29-2)17-20(21)9-10-24(27)26-15-13-25(14-16-26)12-11-19-7-5-4-6-8-19/h4-10,17-18H,11-16H2,1-3H3/b10-9+. The lowest BCUT2D eigenvalue weighted by Crippen LogP contribution is -2.48. The summed E-state index contributed by atoms with van der Waals surface area (Å²) in [6, 6.07) is 14.1. The number of rotatable bonds is 8. The molecule has 6 heteroatoms. The molecule has 1 fully saturated rings. The second kappa shape index (κ2) is 10.7. The second-order valence-electron chi connectivity index (χ2n) is 7.19. The predicted octanol–water partition coefficient (Wildman–Crippen LogP) is 3.11. The molecule has 2 aromatic rings. The van der Waals surface area contributed by atoms with Crippen molar-refractivity contribution in [3.63, 3.8) is 0 Å². The zero-order chi connectivity index (χ0) is 21.3. The molecule has 160 valence electrons. The van der Waals surface area contributed by atoms with Gasteiger partial charge in [0.25, 0.3) is 0 Å². The van der Waals surface area contributed by atoms with Crippen molar-refractivity contribution in [2.45, 2.75) is 6.42 Å². The fourth-order valence-electron chi connectivity index (χ4n) is 3.57. The van der Waals surface area contributed by atoms with Gasteiger partial charge in [-0.15, -0.1) is 0 Å². The molecule has 6 nitrogen and oxygen atoms in total. The lowest BCUT2D eigenvalue weighted by atomic mass is 10.1. The number of ether oxygens (including phenoxy) is 3. The Balaban J connectivity index is 1.55. The minimum atomic E-state index is 0.00884. The van der Waals surface area contributed by atoms with E-state index in [4.69, 9.17) is 14.2 Å². The van der Waals surface area contributed by atoms with Crippen LogP contribution >= 0.6 is 0 Å². The SMILES string of the molecule is COc1cc(OC)c(OC)cc1/C=C/C(=O)N1CCN(CCc2ccccc2)CC1. The van der Waals surface area contributed by atoms with E-state index in [0.717, 1.165) is 44.7 Å². The molecule has 0 spiro atoms. The van der Waals surface area contributed by atoms with Crippen molar-refractivity contribution in [2.24, 2.45) is 0 Å². The van der Waals surface area contributed by atoms with Gasteiger partial charge in [-0.25, -0.2) is 0 Å². The Morgan fingerprint density at radius 1 is 0.900 bits per heavy atom. The number of hydrogen-bond donors (Lipinski definition) is 0. The molecule has 3 rings (SSSR count). The summed E-state index contributed by atoms with van der Waals surface area (Å²) < 4.78 is 16.1. The van der Waals surface area contributed by atoms with E-state index in [-0.39, 0.29) is 5.91 Å². The van der Waals surface area contributed by atoms with E-state index in [1.165, 1.54) is 5.56 Å². The molecule has 0 atom stereocenters. The lowest BCUT2D eigenvalue weighted by Gasteiger charge is -2.34. The highest BCUT2D eigenvalue weighted by molar-refractivity contribution is 5.92. The molecule has 0 aliphatic carbocycles. The quantitative estimate of drug-likeness (QED) is 0.626. The van der Waals surface area contributed by atoms with E-state index < -0.39 is 0 Å². The number of benzene rings is 2. The molecule has 1 heterocycles. The molecular weight excluding hydrogens is 380 g/mol. The van der Waals surface area contributed by atoms with Crippen molar-refractivity contribution >= 4 is 12.0 Å². The van der Waals surface area contributed by atoms with Gasteiger partial charge >= 0.3 is 0 Å². The number of carbonyl (C=O) groups is 1. The van der Waals surface area contributed by atoms with E-state index in [0.29, 0.717) is 17.2 Å². The first-order valence-corrected chi connectivity index (χ1v) is 10.2. The third-order valence-corrected chi connectivity index (χ3v) is 5.38. The molecule has 0 saturated carbocycles. The Bertz CT molecular complexity index is 859. The van der Waals surface area contributed by atoms with Gasteiger partial charge in [0.1, 0.15) is 5.75 Å². The molecule has 2 aromatic carbocycles. The maximum atomic E-state index is 12.7. The molecule has 1 aliphatic heterocycles. The fraction of sp³-hybridized carbons (Fsp3) is 0.375. The van der Waals surface area contributed by atoms with Crippen molar-refractivity contribution in [3.05, 3.63) is 59.7 Å². The summed E-state index contributed by atoms with van der Waals surface area (Å²) in [5, 5.41) is 0. The van der Waals surface area contributed by atoms with Gasteiger partial charge in [0.2, 0.25) is 5.91 Å². The molecular formula is C24H30N2O4. The van der Waals surface area contributed by atoms with Crippen LogP contribution in [0.3, 0.4) is 0 Å². The molecule has 0 aromatic heterocycles. The summed E-state index contributed by atoms with van der Waals surface area (Å²) in [5.74, 6) is 1.82. The van der Waals surface area contributed by atoms with Gasteiger partial charge in [0.05, 0.1) is 21.3 Å². The normalized spacial score (nSPS) is 14.7. The van der Waals surface area contributed by atoms with E-state index in [1.54, 1.807) is 39.5 Å². The molecule has 0 unspecified atom stereocenters. The number of nitrogens with zero attached hydrogens (tertiary/aromatic N) is 2. The highest BCUT2D eigenvalue weighted by Gasteiger charge is 2.19. The Hall–Kier alpha value is -2.99. The molecule has 0 radical (unpaired) electrons. The van der Waals surface area contributed by atoms with Crippen LogP contribution < -0.4 is 14.2 Å². The topological polar surface area (TPSA) is 51.2 Å². The van der Waals surface area contributed by atoms with Crippen LogP contribution in [-0.4, -0.2) is 69.8 Å². The maximum Gasteiger partial charge on any atom is 0.246 e. The van der Waals surface area contributed by atoms with Crippen LogP contribution in [0.1, 0.15) is 11.1 Å². The van der Waals surface area contributed by atoms with E-state index in [1.807, 2.05) is 17.0 Å². The van der Waals surface area contributed by atoms with Crippen molar-refractivity contribution in [1.82, 2.24) is 9.80 Å². The van der Waals surface area contributed by atoms with Crippen LogP contribution in [0.25, 0.3) is 6.08 Å². The maximum absolute atomic E-state index is 12.7. The van der Waals surface area contributed by atoms with Gasteiger partial charge in [0.15, 0.2) is 11.5 Å². The number of hydrogen-bond acceptors (Lipinski definition) is 5. The summed E-state index contributed by atoms with van der Waals surface area (Å²) >= 11 is 0. The Morgan fingerprint density at radius 2 is 1.53 bits per heavy atom. The van der Waals surface area contributed by atoms with Gasteiger partial charge < -0.3 is 19.1 Å². The number of amides is 1. The average Bonchev–Trinajstić information content (AvgIpc) is 2.81. The van der Waals surface area contributed by atoms with Crippen molar-refractivity contribution in [1.29, 1.82) is 0 Å². The number of carbonyl (C=O) groups excluding carboxylic acids is 1. The van der Waals surface area contributed by atoms with Gasteiger partial charge in [-0.1, -0.05) is 30.3 Å². The van der Waals surface area contributed by atoms with E-state index >= 15 is 0 Å². The van der Waals surface area contributed by atoms with Crippen molar-refractivity contribution in [3.8, 4) is 17.2 Å². The van der Waals surface area contributed by atoms with Crippen molar-refractivity contribution < 1.29 is 19.0 Å². The Morgan fingerprint density at radius 3 is 2.17 bits per heavy atom. The highest BCUT2D eigenvalue weighted by Crippen LogP contribution is 2.35. The first-order valence-electron chi connectivity index (χ1n) is 10.2. The second-order valence-corrected chi connectivity index (χ2v) is 7.19. The van der Waals surface area contributed by atoms with Crippen LogP contribution in [0, 0.1) is 0 Å². The van der Waals surface area contributed by atoms with Gasteiger partial charge in [0, 0.05) is 50.4 Å². The molecule has 1 aliphatic rings. The van der Waals surface area contributed by atoms with Gasteiger partial charge in [-0.2, -0.15) is 0 Å². The van der Waals surface area contributed by atoms with Gasteiger partial charge in [-0.05, 0) is 24.1 Å². The van der Waals surface area contributed by atoms with Crippen LogP contribution in [0.15, 0.2) is 48.5 Å². The van der Waals surface area contributed by atoms with Crippen LogP contribution in [0.2, 0.25) is 0 Å². The van der Waals surface area contributed by atoms with Crippen LogP contribution in [0.4, 0.5) is 0 Å². The third kappa shape index (κ3) is 5.54. The molecule has 1 saturated heterocycles. The minimum Gasteiger partial charge on any atom is -0.496 e. The summed E-state index contributed by atoms with van der Waals surface area (Å²) in [7, 11) is 4.76. The predicted molar refractivity (Wildman–Crippen MR) is 118 cm³/mol. The lowest BCUT2D eigenvalue weighted by molar-refractivity contribution is -0.127. The molecule has 0 N–H and O–H groups in total. The monoisotopic (exact) mass is 410 g/mol. The minimum absolute atomic E-state index is 0.00884. The molecule has 0 bridgehead atoms. The zero-order valence-electron chi connectivity index (χ0n) is 18.0. The summed E-state index contributed by atoms with van der Waals surface area (Å²) in [6.07, 6.45) is 4.40. The average molecular weight is 411 g/mol. The number of piperazine rings is 1. The Labute approximate surface area is 178 Å². The third-order valence-electron chi connectivity index (χ3n) is 5.38. The van der Waals surface area contributed by atoms with Crippen molar-refractivity contribution in [2.75, 3.05) is 54.1 Å².